The summed E-state index contributed by atoms with van der Waals surface area (Å²) in [5.41, 5.74) is 5.05. The van der Waals surface area contributed by atoms with Crippen molar-refractivity contribution in [2.45, 2.75) is 31.0 Å². The molecule has 1 saturated heterocycles. The molecule has 0 unspecified atom stereocenters. The van der Waals surface area contributed by atoms with Crippen molar-refractivity contribution in [2.75, 3.05) is 31.3 Å². The summed E-state index contributed by atoms with van der Waals surface area (Å²) in [5.74, 6) is 0.506. The molecule has 3 heterocycles. The van der Waals surface area contributed by atoms with E-state index in [1.54, 1.807) is 19.0 Å². The van der Waals surface area contributed by atoms with Gasteiger partial charge in [-0.3, -0.25) is 4.57 Å². The monoisotopic (exact) mass is 326 g/mol. The molecule has 0 radical (unpaired) electrons. The summed E-state index contributed by atoms with van der Waals surface area (Å²) in [6, 6.07) is 0. The van der Waals surface area contributed by atoms with Crippen molar-refractivity contribution in [3.8, 4) is 0 Å². The van der Waals surface area contributed by atoms with Crippen LogP contribution in [0.4, 0.5) is 16.2 Å². The van der Waals surface area contributed by atoms with Crippen molar-refractivity contribution in [2.24, 2.45) is 0 Å². The van der Waals surface area contributed by atoms with Crippen LogP contribution in [0, 0.1) is 0 Å². The van der Waals surface area contributed by atoms with Gasteiger partial charge >= 0.3 is 0 Å². The first-order valence-corrected chi connectivity index (χ1v) is 7.06. The molecule has 0 bridgehead atoms. The number of nitrogens with zero attached hydrogens (tertiary/aromatic N) is 5. The molecular weight excluding hydrogens is 307 g/mol. The summed E-state index contributed by atoms with van der Waals surface area (Å²) in [6.45, 7) is 0.926. The van der Waals surface area contributed by atoms with Gasteiger partial charge in [0.2, 0.25) is 5.95 Å². The third-order valence-electron chi connectivity index (χ3n) is 4.02. The highest BCUT2D eigenvalue weighted by molar-refractivity contribution is 5.84. The van der Waals surface area contributed by atoms with Crippen LogP contribution in [0.5, 0.6) is 0 Å². The van der Waals surface area contributed by atoms with E-state index in [-0.39, 0.29) is 5.95 Å². The highest BCUT2D eigenvalue weighted by atomic mass is 19.1. The molecular formula is C13H19FN6O3. The maximum Gasteiger partial charge on any atom is 0.224 e. The van der Waals surface area contributed by atoms with E-state index in [2.05, 4.69) is 15.0 Å². The zero-order valence-electron chi connectivity index (χ0n) is 13.0. The number of aromatic nitrogens is 4. The Morgan fingerprint density at radius 1 is 1.48 bits per heavy atom. The van der Waals surface area contributed by atoms with E-state index >= 15 is 0 Å². The van der Waals surface area contributed by atoms with Crippen molar-refractivity contribution in [1.29, 1.82) is 0 Å². The van der Waals surface area contributed by atoms with Crippen LogP contribution in [0.3, 0.4) is 0 Å². The minimum Gasteiger partial charge on any atom is -0.393 e. The quantitative estimate of drug-likeness (QED) is 0.687. The second-order valence-electron chi connectivity index (χ2n) is 5.99. The number of fused-ring (bicyclic) bond motifs is 1. The minimum absolute atomic E-state index is 0.0156. The Bertz CT molecular complexity index is 738. The van der Waals surface area contributed by atoms with Crippen molar-refractivity contribution in [3.05, 3.63) is 6.33 Å². The molecule has 2 aromatic rings. The van der Waals surface area contributed by atoms with Gasteiger partial charge in [0.1, 0.15) is 11.7 Å². The normalized spacial score (nSPS) is 31.0. The molecule has 2 aromatic heterocycles. The number of nitrogen functional groups attached to an aromatic ring is 1. The van der Waals surface area contributed by atoms with Crippen molar-refractivity contribution < 1.29 is 19.3 Å². The molecule has 126 valence electrons. The Kier molecular flexibility index (Phi) is 3.62. The molecule has 0 aromatic carbocycles. The fourth-order valence-electron chi connectivity index (χ4n) is 2.66. The lowest BCUT2D eigenvalue weighted by Gasteiger charge is -2.24. The van der Waals surface area contributed by atoms with Crippen LogP contribution in [0.25, 0.3) is 11.2 Å². The number of hydrogen-bond acceptors (Lipinski definition) is 8. The van der Waals surface area contributed by atoms with Gasteiger partial charge in [-0.1, -0.05) is 0 Å². The minimum atomic E-state index is -1.75. The first-order valence-electron chi connectivity index (χ1n) is 7.06. The predicted octanol–water partition coefficient (Wildman–Crippen LogP) is -0.547. The summed E-state index contributed by atoms with van der Waals surface area (Å²) in [6.07, 6.45) is -3.03. The highest BCUT2D eigenvalue weighted by Gasteiger charge is 2.53. The zero-order chi connectivity index (χ0) is 16.9. The molecule has 3 rings (SSSR count). The number of hydrogen-bond donors (Lipinski definition) is 3. The first-order chi connectivity index (χ1) is 10.8. The van der Waals surface area contributed by atoms with Gasteiger partial charge in [-0.2, -0.15) is 9.97 Å². The van der Waals surface area contributed by atoms with Crippen LogP contribution in [0.1, 0.15) is 13.2 Å². The van der Waals surface area contributed by atoms with Crippen LogP contribution in [-0.4, -0.2) is 68.3 Å². The summed E-state index contributed by atoms with van der Waals surface area (Å²) < 4.78 is 21.4. The Labute approximate surface area is 131 Å². The van der Waals surface area contributed by atoms with Gasteiger partial charge in [-0.15, -0.1) is 0 Å². The number of anilines is 2. The lowest BCUT2D eigenvalue weighted by Crippen LogP contribution is -2.42. The van der Waals surface area contributed by atoms with Gasteiger partial charge in [0, 0.05) is 14.1 Å². The molecule has 0 saturated carbocycles. The smallest absolute Gasteiger partial charge is 0.224 e. The molecule has 0 aliphatic carbocycles. The lowest BCUT2D eigenvalue weighted by atomic mass is 9.99. The SMILES string of the molecule is CN(C)c1nc(N)nc2c1ncn2[C@@H]1O[C@](C)(CO)[C@@H](O)[C@@H]1F. The lowest BCUT2D eigenvalue weighted by molar-refractivity contribution is -0.115. The van der Waals surface area contributed by atoms with E-state index in [1.807, 2.05) is 0 Å². The van der Waals surface area contributed by atoms with Gasteiger partial charge < -0.3 is 25.6 Å². The van der Waals surface area contributed by atoms with Crippen LogP contribution >= 0.6 is 0 Å². The van der Waals surface area contributed by atoms with Crippen LogP contribution in [0.15, 0.2) is 6.33 Å². The second-order valence-corrected chi connectivity index (χ2v) is 5.99. The molecule has 4 N–H and O–H groups in total. The average Bonchev–Trinajstić information content (AvgIpc) is 3.01. The Morgan fingerprint density at radius 2 is 2.17 bits per heavy atom. The topological polar surface area (TPSA) is 123 Å². The van der Waals surface area contributed by atoms with Crippen molar-refractivity contribution in [1.82, 2.24) is 19.5 Å². The van der Waals surface area contributed by atoms with E-state index in [0.717, 1.165) is 0 Å². The maximum atomic E-state index is 14.5. The molecule has 0 spiro atoms. The Morgan fingerprint density at radius 3 is 2.74 bits per heavy atom. The standard InChI is InChI=1S/C13H19FN6O3/c1-13(4-21)8(22)6(14)11(23-13)20-5-16-7-9(19(2)3)17-12(15)18-10(7)20/h5-6,8,11,21-22H,4H2,1-3H3,(H2,15,17,18)/t6-,8-,11+,13+/m0/s1. The first kappa shape index (κ1) is 15.8. The van der Waals surface area contributed by atoms with Crippen molar-refractivity contribution >= 4 is 22.9 Å². The molecule has 9 nitrogen and oxygen atoms in total. The molecule has 10 heteroatoms. The molecule has 1 aliphatic rings. The molecule has 1 fully saturated rings. The van der Waals surface area contributed by atoms with Gasteiger partial charge in [0.25, 0.3) is 0 Å². The number of ether oxygens (including phenoxy) is 1. The summed E-state index contributed by atoms with van der Waals surface area (Å²) in [5, 5.41) is 19.4. The second kappa shape index (κ2) is 5.25. The predicted molar refractivity (Wildman–Crippen MR) is 80.6 cm³/mol. The summed E-state index contributed by atoms with van der Waals surface area (Å²) in [4.78, 5) is 14.1. The van der Waals surface area contributed by atoms with E-state index in [4.69, 9.17) is 10.5 Å². The zero-order valence-corrected chi connectivity index (χ0v) is 13.0. The largest absolute Gasteiger partial charge is 0.393 e. The van der Waals surface area contributed by atoms with E-state index in [9.17, 15) is 14.6 Å². The van der Waals surface area contributed by atoms with Gasteiger partial charge in [-0.05, 0) is 6.92 Å². The number of nitrogens with two attached hydrogens (primary N) is 1. The summed E-state index contributed by atoms with van der Waals surface area (Å²) in [7, 11) is 3.55. The van der Waals surface area contributed by atoms with Crippen LogP contribution in [-0.2, 0) is 4.74 Å². The number of aliphatic hydroxyl groups is 2. The third-order valence-corrected chi connectivity index (χ3v) is 4.02. The van der Waals surface area contributed by atoms with Gasteiger partial charge in [0.15, 0.2) is 29.4 Å². The number of aliphatic hydroxyl groups excluding tert-OH is 2. The number of alkyl halides is 1. The van der Waals surface area contributed by atoms with E-state index < -0.39 is 30.7 Å². The van der Waals surface area contributed by atoms with Gasteiger partial charge in [-0.25, -0.2) is 9.37 Å². The maximum absolute atomic E-state index is 14.5. The molecule has 1 aliphatic heterocycles. The molecule has 0 amide bonds. The number of imidazole rings is 1. The average molecular weight is 326 g/mol. The van der Waals surface area contributed by atoms with Crippen molar-refractivity contribution in [3.63, 3.8) is 0 Å². The van der Waals surface area contributed by atoms with Crippen LogP contribution in [0.2, 0.25) is 0 Å². The fraction of sp³-hybridized carbons (Fsp3) is 0.615. The van der Waals surface area contributed by atoms with Gasteiger partial charge in [0.05, 0.1) is 12.9 Å². The Hall–Kier alpha value is -2.04. The molecule has 4 atom stereocenters. The van der Waals surface area contributed by atoms with E-state index in [0.29, 0.717) is 17.0 Å². The Balaban J connectivity index is 2.11. The van der Waals surface area contributed by atoms with E-state index in [1.165, 1.54) is 17.8 Å². The fourth-order valence-corrected chi connectivity index (χ4v) is 2.66. The molecule has 23 heavy (non-hydrogen) atoms. The number of halogens is 1. The third kappa shape index (κ3) is 2.30. The highest BCUT2D eigenvalue weighted by Crippen LogP contribution is 2.40. The summed E-state index contributed by atoms with van der Waals surface area (Å²) >= 11 is 0. The van der Waals surface area contributed by atoms with Crippen LogP contribution < -0.4 is 10.6 Å². The number of rotatable bonds is 3.